The van der Waals surface area contributed by atoms with Crippen molar-refractivity contribution in [1.82, 2.24) is 4.98 Å². The van der Waals surface area contributed by atoms with Crippen LogP contribution in [0.15, 0.2) is 34.7 Å². The van der Waals surface area contributed by atoms with Gasteiger partial charge in [-0.05, 0) is 38.5 Å². The number of hydrazone groups is 1. The highest BCUT2D eigenvalue weighted by Gasteiger charge is 2.14. The number of aryl methyl sites for hydroxylation is 1. The molecule has 1 aromatic heterocycles. The van der Waals surface area contributed by atoms with Gasteiger partial charge in [0.25, 0.3) is 0 Å². The van der Waals surface area contributed by atoms with Crippen LogP contribution >= 0.6 is 11.3 Å². The molecule has 1 heterocycles. The molecular weight excluding hydrogens is 278 g/mol. The number of hydrogen-bond acceptors (Lipinski definition) is 4. The normalized spacial score (nSPS) is 20.7. The molecule has 1 unspecified atom stereocenters. The Balaban J connectivity index is 1.67. The van der Waals surface area contributed by atoms with E-state index >= 15 is 0 Å². The second kappa shape index (κ2) is 6.39. The van der Waals surface area contributed by atoms with Crippen LogP contribution in [-0.4, -0.2) is 10.7 Å². The molecule has 3 rings (SSSR count). The molecule has 2 aromatic rings. The largest absolute Gasteiger partial charge is 0.253 e. The molecule has 0 saturated heterocycles. The van der Waals surface area contributed by atoms with Gasteiger partial charge >= 0.3 is 0 Å². The molecule has 3 nitrogen and oxygen atoms in total. The number of aromatic nitrogens is 1. The molecule has 0 amide bonds. The van der Waals surface area contributed by atoms with Crippen LogP contribution in [0.2, 0.25) is 0 Å². The Morgan fingerprint density at radius 3 is 2.86 bits per heavy atom. The molecule has 1 aliphatic carbocycles. The minimum Gasteiger partial charge on any atom is -0.253 e. The van der Waals surface area contributed by atoms with Gasteiger partial charge in [-0.3, -0.25) is 5.43 Å². The summed E-state index contributed by atoms with van der Waals surface area (Å²) >= 11 is 1.61. The minimum absolute atomic E-state index is 0.763. The fourth-order valence-corrected chi connectivity index (χ4v) is 3.33. The van der Waals surface area contributed by atoms with Crippen molar-refractivity contribution in [2.45, 2.75) is 39.5 Å². The number of hydrogen-bond donors (Lipinski definition) is 1. The van der Waals surface area contributed by atoms with E-state index in [-0.39, 0.29) is 0 Å². The van der Waals surface area contributed by atoms with E-state index < -0.39 is 0 Å². The molecule has 0 radical (unpaired) electrons. The Morgan fingerprint density at radius 2 is 2.10 bits per heavy atom. The van der Waals surface area contributed by atoms with Gasteiger partial charge < -0.3 is 0 Å². The van der Waals surface area contributed by atoms with Crippen LogP contribution in [0.5, 0.6) is 0 Å². The highest BCUT2D eigenvalue weighted by Crippen LogP contribution is 2.26. The van der Waals surface area contributed by atoms with Gasteiger partial charge in [-0.25, -0.2) is 4.98 Å². The Hall–Kier alpha value is -1.68. The number of nitrogens with one attached hydrogen (secondary N) is 1. The third-order valence-electron chi connectivity index (χ3n) is 3.91. The Morgan fingerprint density at radius 1 is 1.29 bits per heavy atom. The minimum atomic E-state index is 0.763. The van der Waals surface area contributed by atoms with Crippen LogP contribution < -0.4 is 5.43 Å². The summed E-state index contributed by atoms with van der Waals surface area (Å²) in [6.45, 7) is 4.40. The van der Waals surface area contributed by atoms with Crippen molar-refractivity contribution in [3.05, 3.63) is 35.2 Å². The predicted molar refractivity (Wildman–Crippen MR) is 91.0 cm³/mol. The van der Waals surface area contributed by atoms with Crippen molar-refractivity contribution < 1.29 is 0 Å². The monoisotopic (exact) mass is 299 g/mol. The zero-order chi connectivity index (χ0) is 14.7. The summed E-state index contributed by atoms with van der Waals surface area (Å²) in [5.74, 6) is 0.763. The molecule has 4 heteroatoms. The molecule has 110 valence electrons. The van der Waals surface area contributed by atoms with E-state index in [1.807, 2.05) is 0 Å². The van der Waals surface area contributed by atoms with Crippen LogP contribution in [0.3, 0.4) is 0 Å². The second-order valence-corrected chi connectivity index (χ2v) is 6.75. The molecule has 1 atom stereocenters. The molecule has 1 aromatic carbocycles. The maximum absolute atomic E-state index is 4.61. The second-order valence-electron chi connectivity index (χ2n) is 5.90. The maximum Gasteiger partial charge on any atom is 0.203 e. The number of rotatable bonds is 3. The Bertz CT molecular complexity index is 628. The van der Waals surface area contributed by atoms with E-state index in [0.717, 1.165) is 35.1 Å². The molecule has 0 spiro atoms. The zero-order valence-corrected chi connectivity index (χ0v) is 13.4. The molecule has 1 N–H and O–H groups in total. The van der Waals surface area contributed by atoms with Crippen molar-refractivity contribution >= 4 is 22.2 Å². The average molecular weight is 299 g/mol. The fraction of sp³-hybridized carbons (Fsp3) is 0.412. The standard InChI is InChI=1S/C17H21N3S/c1-12-6-8-14(9-7-12)16-11-21-17(18-16)20-19-15-5-3-4-13(2)10-15/h6-9,11,13H,3-5,10H2,1-2H3,(H,18,20)/b19-15+. The summed E-state index contributed by atoms with van der Waals surface area (Å²) < 4.78 is 0. The summed E-state index contributed by atoms with van der Waals surface area (Å²) in [4.78, 5) is 4.61. The summed E-state index contributed by atoms with van der Waals surface area (Å²) in [6.07, 6.45) is 4.82. The van der Waals surface area contributed by atoms with E-state index in [1.165, 1.54) is 24.1 Å². The first-order valence-corrected chi connectivity index (χ1v) is 8.42. The molecule has 1 aliphatic rings. The highest BCUT2D eigenvalue weighted by molar-refractivity contribution is 7.14. The number of anilines is 1. The summed E-state index contributed by atoms with van der Waals surface area (Å²) in [7, 11) is 0. The first-order chi connectivity index (χ1) is 10.2. The van der Waals surface area contributed by atoms with Gasteiger partial charge in [0.15, 0.2) is 0 Å². The van der Waals surface area contributed by atoms with Gasteiger partial charge in [-0.1, -0.05) is 36.8 Å². The van der Waals surface area contributed by atoms with E-state index in [0.29, 0.717) is 0 Å². The molecule has 1 fully saturated rings. The van der Waals surface area contributed by atoms with Crippen LogP contribution in [0, 0.1) is 12.8 Å². The summed E-state index contributed by atoms with van der Waals surface area (Å²) in [5, 5.41) is 7.49. The Kier molecular flexibility index (Phi) is 4.34. The first kappa shape index (κ1) is 14.3. The van der Waals surface area contributed by atoms with Crippen molar-refractivity contribution in [2.24, 2.45) is 11.0 Å². The van der Waals surface area contributed by atoms with Crippen LogP contribution in [-0.2, 0) is 0 Å². The topological polar surface area (TPSA) is 37.3 Å². The molecule has 0 aliphatic heterocycles. The van der Waals surface area contributed by atoms with E-state index in [9.17, 15) is 0 Å². The lowest BCUT2D eigenvalue weighted by Gasteiger charge is -2.18. The number of benzene rings is 1. The van der Waals surface area contributed by atoms with Gasteiger partial charge in [0.1, 0.15) is 0 Å². The van der Waals surface area contributed by atoms with E-state index in [1.54, 1.807) is 11.3 Å². The maximum atomic E-state index is 4.61. The van der Waals surface area contributed by atoms with E-state index in [2.05, 4.69) is 59.0 Å². The summed E-state index contributed by atoms with van der Waals surface area (Å²) in [5.41, 5.74) is 7.85. The predicted octanol–water partition coefficient (Wildman–Crippen LogP) is 5.10. The lowest BCUT2D eigenvalue weighted by molar-refractivity contribution is 0.500. The lowest BCUT2D eigenvalue weighted by Crippen LogP contribution is -2.13. The quantitative estimate of drug-likeness (QED) is 0.801. The van der Waals surface area contributed by atoms with E-state index in [4.69, 9.17) is 0 Å². The number of thiazole rings is 1. The average Bonchev–Trinajstić information content (AvgIpc) is 2.95. The van der Waals surface area contributed by atoms with Crippen LogP contribution in [0.25, 0.3) is 11.3 Å². The smallest absolute Gasteiger partial charge is 0.203 e. The van der Waals surface area contributed by atoms with Gasteiger partial charge in [-0.15, -0.1) is 11.3 Å². The van der Waals surface area contributed by atoms with Crippen molar-refractivity contribution in [1.29, 1.82) is 0 Å². The molecule has 0 bridgehead atoms. The van der Waals surface area contributed by atoms with Gasteiger partial charge in [-0.2, -0.15) is 5.10 Å². The van der Waals surface area contributed by atoms with Gasteiger partial charge in [0, 0.05) is 16.7 Å². The molecule has 1 saturated carbocycles. The summed E-state index contributed by atoms with van der Waals surface area (Å²) in [6, 6.07) is 8.46. The third-order valence-corrected chi connectivity index (χ3v) is 4.65. The SMILES string of the molecule is Cc1ccc(-c2csc(N/N=C3\CCCC(C)C3)n2)cc1. The first-order valence-electron chi connectivity index (χ1n) is 7.55. The Labute approximate surface area is 130 Å². The van der Waals surface area contributed by atoms with Crippen molar-refractivity contribution in [2.75, 3.05) is 5.43 Å². The zero-order valence-electron chi connectivity index (χ0n) is 12.6. The van der Waals surface area contributed by atoms with Crippen LogP contribution in [0.4, 0.5) is 5.13 Å². The third kappa shape index (κ3) is 3.70. The van der Waals surface area contributed by atoms with Gasteiger partial charge in [0.2, 0.25) is 5.13 Å². The van der Waals surface area contributed by atoms with Gasteiger partial charge in [0.05, 0.1) is 5.69 Å². The fourth-order valence-electron chi connectivity index (χ4n) is 2.67. The van der Waals surface area contributed by atoms with Crippen LogP contribution in [0.1, 0.15) is 38.2 Å². The molecule has 21 heavy (non-hydrogen) atoms. The van der Waals surface area contributed by atoms with Crippen molar-refractivity contribution in [3.8, 4) is 11.3 Å². The highest BCUT2D eigenvalue weighted by atomic mass is 32.1. The number of nitrogens with zero attached hydrogens (tertiary/aromatic N) is 2. The van der Waals surface area contributed by atoms with Crippen molar-refractivity contribution in [3.63, 3.8) is 0 Å². The lowest BCUT2D eigenvalue weighted by atomic mass is 9.89. The molecular formula is C17H21N3S.